The molecule has 120 valence electrons. The molecule has 1 saturated carbocycles. The van der Waals surface area contributed by atoms with Crippen molar-refractivity contribution in [3.8, 4) is 0 Å². The largest absolute Gasteiger partial charge is 0.381 e. The van der Waals surface area contributed by atoms with Gasteiger partial charge in [0.15, 0.2) is 0 Å². The van der Waals surface area contributed by atoms with Gasteiger partial charge in [-0.1, -0.05) is 18.2 Å². The standard InChI is InChI=1S/C15H15FN4O3/c16-13-4-2-1-3-11(13)7-19(12-5-6-12)15(21)9-18-8-14(17-10-18)20(22)23/h1-4,8,10,12H,5-7,9H2. The molecular formula is C15H15FN4O3. The maximum absolute atomic E-state index is 13.8. The maximum atomic E-state index is 13.8. The monoisotopic (exact) mass is 318 g/mol. The predicted molar refractivity (Wildman–Crippen MR) is 78.9 cm³/mol. The Hall–Kier alpha value is -2.77. The molecule has 7 nitrogen and oxygen atoms in total. The van der Waals surface area contributed by atoms with Gasteiger partial charge in [0, 0.05) is 18.2 Å². The Morgan fingerprint density at radius 1 is 1.43 bits per heavy atom. The minimum atomic E-state index is -0.612. The van der Waals surface area contributed by atoms with Crippen LogP contribution in [0.2, 0.25) is 0 Å². The highest BCUT2D eigenvalue weighted by Crippen LogP contribution is 2.29. The highest BCUT2D eigenvalue weighted by Gasteiger charge is 2.33. The molecule has 1 aliphatic carbocycles. The lowest BCUT2D eigenvalue weighted by Gasteiger charge is -2.22. The van der Waals surface area contributed by atoms with Gasteiger partial charge in [0.25, 0.3) is 0 Å². The van der Waals surface area contributed by atoms with Crippen molar-refractivity contribution in [3.63, 3.8) is 0 Å². The molecule has 8 heteroatoms. The zero-order chi connectivity index (χ0) is 16.4. The van der Waals surface area contributed by atoms with Gasteiger partial charge in [-0.25, -0.2) is 4.39 Å². The van der Waals surface area contributed by atoms with Gasteiger partial charge in [0.05, 0.1) is 0 Å². The Kier molecular flexibility index (Phi) is 4.05. The van der Waals surface area contributed by atoms with Crippen molar-refractivity contribution in [2.45, 2.75) is 32.0 Å². The van der Waals surface area contributed by atoms with Crippen molar-refractivity contribution in [1.82, 2.24) is 14.5 Å². The lowest BCUT2D eigenvalue weighted by molar-refractivity contribution is -0.389. The van der Waals surface area contributed by atoms with Gasteiger partial charge in [0.2, 0.25) is 12.2 Å². The molecule has 1 aromatic heterocycles. The van der Waals surface area contributed by atoms with Gasteiger partial charge in [-0.05, 0) is 28.8 Å². The van der Waals surface area contributed by atoms with Gasteiger partial charge in [-0.2, -0.15) is 0 Å². The lowest BCUT2D eigenvalue weighted by Crippen LogP contribution is -2.35. The number of carbonyl (C=O) groups is 1. The number of nitrogens with zero attached hydrogens (tertiary/aromatic N) is 4. The molecule has 1 heterocycles. The van der Waals surface area contributed by atoms with Crippen LogP contribution in [0.4, 0.5) is 10.2 Å². The average Bonchev–Trinajstić information content (AvgIpc) is 3.24. The topological polar surface area (TPSA) is 81.3 Å². The summed E-state index contributed by atoms with van der Waals surface area (Å²) in [5.74, 6) is -0.850. The lowest BCUT2D eigenvalue weighted by atomic mass is 10.2. The van der Waals surface area contributed by atoms with Gasteiger partial charge in [-0.15, -0.1) is 0 Å². The Morgan fingerprint density at radius 3 is 2.78 bits per heavy atom. The van der Waals surface area contributed by atoms with Gasteiger partial charge >= 0.3 is 5.82 Å². The normalized spacial score (nSPS) is 13.8. The number of nitro groups is 1. The summed E-state index contributed by atoms with van der Waals surface area (Å²) in [5.41, 5.74) is 0.462. The number of imidazole rings is 1. The van der Waals surface area contributed by atoms with Crippen LogP contribution in [0.1, 0.15) is 18.4 Å². The Bertz CT molecular complexity index is 742. The number of hydrogen-bond acceptors (Lipinski definition) is 4. The van der Waals surface area contributed by atoms with Gasteiger partial charge < -0.3 is 19.6 Å². The molecule has 0 aliphatic heterocycles. The van der Waals surface area contributed by atoms with Gasteiger partial charge in [0.1, 0.15) is 18.6 Å². The number of aromatic nitrogens is 2. The molecule has 1 fully saturated rings. The van der Waals surface area contributed by atoms with E-state index >= 15 is 0 Å². The van der Waals surface area contributed by atoms with E-state index in [0.717, 1.165) is 12.8 Å². The first-order valence-corrected chi connectivity index (χ1v) is 7.23. The van der Waals surface area contributed by atoms with Crippen molar-refractivity contribution < 1.29 is 14.1 Å². The number of amides is 1. The first kappa shape index (κ1) is 15.1. The van der Waals surface area contributed by atoms with Crippen LogP contribution in [0, 0.1) is 15.9 Å². The van der Waals surface area contributed by atoms with Crippen LogP contribution >= 0.6 is 0 Å². The summed E-state index contributed by atoms with van der Waals surface area (Å²) in [6.45, 7) is 0.152. The zero-order valence-electron chi connectivity index (χ0n) is 12.3. The van der Waals surface area contributed by atoms with Crippen LogP contribution in [0.5, 0.6) is 0 Å². The summed E-state index contributed by atoms with van der Waals surface area (Å²) >= 11 is 0. The van der Waals surface area contributed by atoms with Crippen LogP contribution in [0.3, 0.4) is 0 Å². The molecule has 0 bridgehead atoms. The summed E-state index contributed by atoms with van der Waals surface area (Å²) in [6, 6.07) is 6.46. The fourth-order valence-electron chi connectivity index (χ4n) is 2.39. The predicted octanol–water partition coefficient (Wildman–Crippen LogP) is 2.12. The molecule has 0 saturated heterocycles. The molecule has 2 aromatic rings. The van der Waals surface area contributed by atoms with Crippen molar-refractivity contribution in [2.24, 2.45) is 0 Å². The molecule has 0 N–H and O–H groups in total. The van der Waals surface area contributed by atoms with Crippen molar-refractivity contribution in [3.05, 3.63) is 58.3 Å². The number of hydrogen-bond donors (Lipinski definition) is 0. The van der Waals surface area contributed by atoms with E-state index in [0.29, 0.717) is 5.56 Å². The molecule has 1 aromatic carbocycles. The van der Waals surface area contributed by atoms with E-state index in [4.69, 9.17) is 0 Å². The van der Waals surface area contributed by atoms with Gasteiger partial charge in [-0.3, -0.25) is 4.79 Å². The molecule has 0 spiro atoms. The van der Waals surface area contributed by atoms with E-state index in [1.807, 2.05) is 0 Å². The Morgan fingerprint density at radius 2 is 2.17 bits per heavy atom. The zero-order valence-corrected chi connectivity index (χ0v) is 12.3. The van der Waals surface area contributed by atoms with E-state index in [2.05, 4.69) is 4.98 Å². The molecule has 0 unspecified atom stereocenters. The van der Waals surface area contributed by atoms with Crippen LogP contribution in [-0.2, 0) is 17.9 Å². The van der Waals surface area contributed by atoms with E-state index in [1.54, 1.807) is 23.1 Å². The molecule has 1 amide bonds. The van der Waals surface area contributed by atoms with E-state index in [9.17, 15) is 19.3 Å². The van der Waals surface area contributed by atoms with Crippen molar-refractivity contribution >= 4 is 11.7 Å². The second-order valence-electron chi connectivity index (χ2n) is 5.51. The first-order valence-electron chi connectivity index (χ1n) is 7.23. The van der Waals surface area contributed by atoms with E-state index < -0.39 is 4.92 Å². The Balaban J connectivity index is 1.71. The minimum Gasteiger partial charge on any atom is -0.358 e. The van der Waals surface area contributed by atoms with Crippen LogP contribution in [0.25, 0.3) is 0 Å². The smallest absolute Gasteiger partial charge is 0.358 e. The highest BCUT2D eigenvalue weighted by atomic mass is 19.1. The van der Waals surface area contributed by atoms with Crippen molar-refractivity contribution in [2.75, 3.05) is 0 Å². The third-order valence-corrected chi connectivity index (χ3v) is 3.73. The fourth-order valence-corrected chi connectivity index (χ4v) is 2.39. The summed E-state index contributed by atoms with van der Waals surface area (Å²) in [4.78, 5) is 27.7. The third kappa shape index (κ3) is 3.53. The maximum Gasteiger partial charge on any atom is 0.381 e. The third-order valence-electron chi connectivity index (χ3n) is 3.73. The van der Waals surface area contributed by atoms with Crippen molar-refractivity contribution in [1.29, 1.82) is 0 Å². The molecule has 23 heavy (non-hydrogen) atoms. The molecule has 1 aliphatic rings. The average molecular weight is 318 g/mol. The number of halogens is 1. The number of carbonyl (C=O) groups excluding carboxylic acids is 1. The fraction of sp³-hybridized carbons (Fsp3) is 0.333. The van der Waals surface area contributed by atoms with Crippen LogP contribution in [-0.4, -0.2) is 31.3 Å². The molecule has 0 radical (unpaired) electrons. The Labute approximate surface area is 131 Å². The second-order valence-corrected chi connectivity index (χ2v) is 5.51. The summed E-state index contributed by atoms with van der Waals surface area (Å²) < 4.78 is 15.2. The quantitative estimate of drug-likeness (QED) is 0.603. The molecular weight excluding hydrogens is 303 g/mol. The first-order chi connectivity index (χ1) is 11.0. The number of rotatable bonds is 6. The summed E-state index contributed by atoms with van der Waals surface area (Å²) in [5, 5.41) is 10.6. The molecule has 0 atom stereocenters. The molecule has 3 rings (SSSR count). The van der Waals surface area contributed by atoms with E-state index in [1.165, 1.54) is 23.2 Å². The SMILES string of the molecule is O=C(Cn1cnc([N+](=O)[O-])c1)N(Cc1ccccc1F)C1CC1. The number of benzene rings is 1. The summed E-state index contributed by atoms with van der Waals surface area (Å²) in [7, 11) is 0. The van der Waals surface area contributed by atoms with Crippen LogP contribution < -0.4 is 0 Å². The highest BCUT2D eigenvalue weighted by molar-refractivity contribution is 5.76. The minimum absolute atomic E-state index is 0.0498. The second kappa shape index (κ2) is 6.15. The van der Waals surface area contributed by atoms with E-state index in [-0.39, 0.29) is 36.7 Å². The summed E-state index contributed by atoms with van der Waals surface area (Å²) in [6.07, 6.45) is 4.25. The van der Waals surface area contributed by atoms with Crippen LogP contribution in [0.15, 0.2) is 36.8 Å².